The number of hydrogen-bond acceptors (Lipinski definition) is 5. The SMILES string of the molecule is Cc1cccc(OCCSc2ncnc3c2cnn3C)c1. The number of hydrogen-bond donors (Lipinski definition) is 0. The summed E-state index contributed by atoms with van der Waals surface area (Å²) in [6, 6.07) is 8.07. The van der Waals surface area contributed by atoms with E-state index in [0.29, 0.717) is 6.61 Å². The number of aromatic nitrogens is 4. The van der Waals surface area contributed by atoms with Crippen LogP contribution in [-0.2, 0) is 7.05 Å². The van der Waals surface area contributed by atoms with Crippen LogP contribution in [-0.4, -0.2) is 32.1 Å². The molecular weight excluding hydrogens is 284 g/mol. The van der Waals surface area contributed by atoms with E-state index >= 15 is 0 Å². The Kier molecular flexibility index (Phi) is 4.06. The number of rotatable bonds is 5. The molecule has 0 aliphatic carbocycles. The Morgan fingerprint density at radius 3 is 3.05 bits per heavy atom. The first-order chi connectivity index (χ1) is 10.2. The van der Waals surface area contributed by atoms with E-state index in [1.54, 1.807) is 29.0 Å². The predicted octanol–water partition coefficient (Wildman–Crippen LogP) is 2.84. The van der Waals surface area contributed by atoms with Crippen LogP contribution in [0.1, 0.15) is 5.56 Å². The van der Waals surface area contributed by atoms with Gasteiger partial charge in [0.2, 0.25) is 0 Å². The summed E-state index contributed by atoms with van der Waals surface area (Å²) in [6.07, 6.45) is 3.38. The highest BCUT2D eigenvalue weighted by Crippen LogP contribution is 2.23. The van der Waals surface area contributed by atoms with E-state index in [1.165, 1.54) is 5.56 Å². The van der Waals surface area contributed by atoms with Gasteiger partial charge >= 0.3 is 0 Å². The molecule has 108 valence electrons. The van der Waals surface area contributed by atoms with E-state index in [-0.39, 0.29) is 0 Å². The maximum absolute atomic E-state index is 5.74. The first-order valence-electron chi connectivity index (χ1n) is 6.69. The summed E-state index contributed by atoms with van der Waals surface area (Å²) in [5.74, 6) is 1.74. The average Bonchev–Trinajstić information content (AvgIpc) is 2.86. The van der Waals surface area contributed by atoms with Crippen LogP contribution in [0.5, 0.6) is 5.75 Å². The number of benzene rings is 1. The Hall–Kier alpha value is -2.08. The van der Waals surface area contributed by atoms with Gasteiger partial charge in [0.1, 0.15) is 17.1 Å². The summed E-state index contributed by atoms with van der Waals surface area (Å²) in [5.41, 5.74) is 2.06. The topological polar surface area (TPSA) is 52.8 Å². The Bertz CT molecular complexity index is 756. The van der Waals surface area contributed by atoms with Crippen molar-refractivity contribution in [3.8, 4) is 5.75 Å². The van der Waals surface area contributed by atoms with Crippen molar-refractivity contribution in [2.45, 2.75) is 11.9 Å². The van der Waals surface area contributed by atoms with Crippen LogP contribution in [0.2, 0.25) is 0 Å². The van der Waals surface area contributed by atoms with Crippen LogP contribution >= 0.6 is 11.8 Å². The van der Waals surface area contributed by atoms with Crippen LogP contribution in [0.3, 0.4) is 0 Å². The highest BCUT2D eigenvalue weighted by molar-refractivity contribution is 7.99. The summed E-state index contributed by atoms with van der Waals surface area (Å²) >= 11 is 1.66. The van der Waals surface area contributed by atoms with Crippen molar-refractivity contribution in [1.29, 1.82) is 0 Å². The molecule has 0 spiro atoms. The van der Waals surface area contributed by atoms with Gasteiger partial charge in [0.15, 0.2) is 5.65 Å². The highest BCUT2D eigenvalue weighted by Gasteiger charge is 2.08. The molecule has 2 aromatic heterocycles. The van der Waals surface area contributed by atoms with Crippen LogP contribution in [0.25, 0.3) is 11.0 Å². The fourth-order valence-electron chi connectivity index (χ4n) is 2.06. The Labute approximate surface area is 127 Å². The zero-order valence-electron chi connectivity index (χ0n) is 12.0. The summed E-state index contributed by atoms with van der Waals surface area (Å²) in [6.45, 7) is 2.70. The third-order valence-electron chi connectivity index (χ3n) is 3.07. The molecule has 0 amide bonds. The van der Waals surface area contributed by atoms with Crippen molar-refractivity contribution >= 4 is 22.8 Å². The monoisotopic (exact) mass is 300 g/mol. The fraction of sp³-hybridized carbons (Fsp3) is 0.267. The van der Waals surface area contributed by atoms with Gasteiger partial charge in [0, 0.05) is 12.8 Å². The molecule has 0 aliphatic heterocycles. The lowest BCUT2D eigenvalue weighted by atomic mass is 10.2. The van der Waals surface area contributed by atoms with Gasteiger partial charge in [-0.25, -0.2) is 9.97 Å². The van der Waals surface area contributed by atoms with Crippen molar-refractivity contribution in [3.63, 3.8) is 0 Å². The van der Waals surface area contributed by atoms with Gasteiger partial charge in [-0.2, -0.15) is 5.10 Å². The molecular formula is C15H16N4OS. The van der Waals surface area contributed by atoms with E-state index in [0.717, 1.165) is 27.6 Å². The third kappa shape index (κ3) is 3.16. The number of aryl methyl sites for hydroxylation is 2. The molecule has 1 aromatic carbocycles. The first kappa shape index (κ1) is 13.9. The average molecular weight is 300 g/mol. The van der Waals surface area contributed by atoms with Gasteiger partial charge in [-0.3, -0.25) is 4.68 Å². The van der Waals surface area contributed by atoms with E-state index in [1.807, 2.05) is 25.2 Å². The maximum atomic E-state index is 5.74. The second-order valence-corrected chi connectivity index (χ2v) is 5.78. The molecule has 6 heteroatoms. The number of thioether (sulfide) groups is 1. The van der Waals surface area contributed by atoms with Crippen LogP contribution in [0.4, 0.5) is 0 Å². The molecule has 0 radical (unpaired) electrons. The summed E-state index contributed by atoms with van der Waals surface area (Å²) < 4.78 is 7.50. The number of fused-ring (bicyclic) bond motifs is 1. The lowest BCUT2D eigenvalue weighted by Crippen LogP contribution is -2.01. The molecule has 0 fully saturated rings. The predicted molar refractivity (Wildman–Crippen MR) is 83.7 cm³/mol. The van der Waals surface area contributed by atoms with Crippen LogP contribution < -0.4 is 4.74 Å². The summed E-state index contributed by atoms with van der Waals surface area (Å²) in [4.78, 5) is 8.55. The molecule has 5 nitrogen and oxygen atoms in total. The second kappa shape index (κ2) is 6.13. The molecule has 21 heavy (non-hydrogen) atoms. The molecule has 0 aliphatic rings. The Morgan fingerprint density at radius 2 is 2.19 bits per heavy atom. The van der Waals surface area contributed by atoms with Crippen molar-refractivity contribution in [2.75, 3.05) is 12.4 Å². The van der Waals surface area contributed by atoms with Gasteiger partial charge in [-0.15, -0.1) is 11.8 Å². The molecule has 2 heterocycles. The van der Waals surface area contributed by atoms with Crippen molar-refractivity contribution < 1.29 is 4.74 Å². The fourth-order valence-corrected chi connectivity index (χ4v) is 2.84. The Morgan fingerprint density at radius 1 is 1.29 bits per heavy atom. The number of nitrogens with zero attached hydrogens (tertiary/aromatic N) is 4. The van der Waals surface area contributed by atoms with Gasteiger partial charge < -0.3 is 4.74 Å². The van der Waals surface area contributed by atoms with Gasteiger partial charge in [0.05, 0.1) is 18.2 Å². The normalized spacial score (nSPS) is 11.0. The minimum Gasteiger partial charge on any atom is -0.493 e. The first-order valence-corrected chi connectivity index (χ1v) is 7.67. The summed E-state index contributed by atoms with van der Waals surface area (Å²) in [7, 11) is 1.88. The maximum Gasteiger partial charge on any atom is 0.162 e. The second-order valence-electron chi connectivity index (χ2n) is 4.70. The summed E-state index contributed by atoms with van der Waals surface area (Å²) in [5, 5.41) is 6.14. The largest absolute Gasteiger partial charge is 0.493 e. The molecule has 0 saturated carbocycles. The standard InChI is InChI=1S/C15H16N4OS/c1-11-4-3-5-12(8-11)20-6-7-21-15-13-9-18-19(2)14(13)16-10-17-15/h3-5,8-10H,6-7H2,1-2H3. The molecule has 0 bridgehead atoms. The highest BCUT2D eigenvalue weighted by atomic mass is 32.2. The molecule has 3 rings (SSSR count). The van der Waals surface area contributed by atoms with E-state index in [4.69, 9.17) is 4.74 Å². The quantitative estimate of drug-likeness (QED) is 0.412. The molecule has 0 atom stereocenters. The third-order valence-corrected chi connectivity index (χ3v) is 4.04. The molecule has 0 N–H and O–H groups in total. The van der Waals surface area contributed by atoms with Crippen molar-refractivity contribution in [2.24, 2.45) is 7.05 Å². The van der Waals surface area contributed by atoms with E-state index in [2.05, 4.69) is 28.1 Å². The Balaban J connectivity index is 1.60. The zero-order chi connectivity index (χ0) is 14.7. The number of ether oxygens (including phenoxy) is 1. The smallest absolute Gasteiger partial charge is 0.162 e. The van der Waals surface area contributed by atoms with Crippen molar-refractivity contribution in [3.05, 3.63) is 42.4 Å². The van der Waals surface area contributed by atoms with E-state index in [9.17, 15) is 0 Å². The van der Waals surface area contributed by atoms with Gasteiger partial charge in [-0.1, -0.05) is 12.1 Å². The lowest BCUT2D eigenvalue weighted by Gasteiger charge is -2.06. The minimum atomic E-state index is 0.639. The van der Waals surface area contributed by atoms with Crippen LogP contribution in [0, 0.1) is 6.92 Å². The molecule has 3 aromatic rings. The lowest BCUT2D eigenvalue weighted by molar-refractivity contribution is 0.343. The van der Waals surface area contributed by atoms with Gasteiger partial charge in [0.25, 0.3) is 0 Å². The van der Waals surface area contributed by atoms with E-state index < -0.39 is 0 Å². The molecule has 0 saturated heterocycles. The minimum absolute atomic E-state index is 0.639. The van der Waals surface area contributed by atoms with Gasteiger partial charge in [-0.05, 0) is 24.6 Å². The van der Waals surface area contributed by atoms with Crippen LogP contribution in [0.15, 0.2) is 41.8 Å². The zero-order valence-corrected chi connectivity index (χ0v) is 12.8. The molecule has 0 unspecified atom stereocenters. The van der Waals surface area contributed by atoms with Crippen molar-refractivity contribution in [1.82, 2.24) is 19.7 Å².